The molecule has 0 saturated heterocycles. The standard InChI is InChI=1S/C11H14F3N/c1-8(15-2)6-9-4-3-5-10(7-9)11(12,13)14/h3-5,7-8,15H,6H2,1-2H3. The van der Waals surface area contributed by atoms with Gasteiger partial charge in [-0.15, -0.1) is 0 Å². The van der Waals surface area contributed by atoms with Crippen LogP contribution in [0.5, 0.6) is 0 Å². The second kappa shape index (κ2) is 4.66. The molecule has 0 bridgehead atoms. The minimum absolute atomic E-state index is 0.175. The van der Waals surface area contributed by atoms with Crippen molar-refractivity contribution in [2.45, 2.75) is 25.6 Å². The molecule has 0 fully saturated rings. The molecular weight excluding hydrogens is 203 g/mol. The summed E-state index contributed by atoms with van der Waals surface area (Å²) >= 11 is 0. The molecule has 0 amide bonds. The number of hydrogen-bond donors (Lipinski definition) is 1. The van der Waals surface area contributed by atoms with Gasteiger partial charge in [0, 0.05) is 6.04 Å². The van der Waals surface area contributed by atoms with Crippen LogP contribution in [0.15, 0.2) is 24.3 Å². The van der Waals surface area contributed by atoms with Crippen molar-refractivity contribution in [2.75, 3.05) is 7.05 Å². The van der Waals surface area contributed by atoms with Crippen LogP contribution in [0, 0.1) is 0 Å². The number of alkyl halides is 3. The van der Waals surface area contributed by atoms with E-state index in [1.54, 1.807) is 13.1 Å². The SMILES string of the molecule is CNC(C)Cc1cccc(C(F)(F)F)c1. The number of rotatable bonds is 3. The molecule has 1 unspecified atom stereocenters. The molecule has 0 aliphatic carbocycles. The van der Waals surface area contributed by atoms with Gasteiger partial charge in [-0.2, -0.15) is 13.2 Å². The Kier molecular flexibility index (Phi) is 3.74. The van der Waals surface area contributed by atoms with Crippen LogP contribution in [-0.4, -0.2) is 13.1 Å². The van der Waals surface area contributed by atoms with Gasteiger partial charge in [-0.3, -0.25) is 0 Å². The van der Waals surface area contributed by atoms with Gasteiger partial charge in [0.05, 0.1) is 5.56 Å². The first-order chi connectivity index (χ1) is 6.93. The van der Waals surface area contributed by atoms with E-state index in [9.17, 15) is 13.2 Å². The minimum Gasteiger partial charge on any atom is -0.317 e. The Morgan fingerprint density at radius 1 is 1.33 bits per heavy atom. The summed E-state index contributed by atoms with van der Waals surface area (Å²) in [7, 11) is 1.79. The fraction of sp³-hybridized carbons (Fsp3) is 0.455. The van der Waals surface area contributed by atoms with E-state index in [-0.39, 0.29) is 6.04 Å². The minimum atomic E-state index is -4.25. The molecule has 1 rings (SSSR count). The summed E-state index contributed by atoms with van der Waals surface area (Å²) in [6, 6.07) is 5.62. The zero-order valence-corrected chi connectivity index (χ0v) is 8.73. The van der Waals surface area contributed by atoms with E-state index in [4.69, 9.17) is 0 Å². The fourth-order valence-electron chi connectivity index (χ4n) is 1.33. The maximum Gasteiger partial charge on any atom is 0.416 e. The predicted octanol–water partition coefficient (Wildman–Crippen LogP) is 2.86. The summed E-state index contributed by atoms with van der Waals surface area (Å²) in [6.07, 6.45) is -3.65. The number of benzene rings is 1. The second-order valence-corrected chi connectivity index (χ2v) is 3.59. The Morgan fingerprint density at radius 2 is 2.00 bits per heavy atom. The highest BCUT2D eigenvalue weighted by molar-refractivity contribution is 5.26. The highest BCUT2D eigenvalue weighted by Gasteiger charge is 2.30. The summed E-state index contributed by atoms with van der Waals surface area (Å²) in [5.41, 5.74) is 0.120. The summed E-state index contributed by atoms with van der Waals surface area (Å²) in [5.74, 6) is 0. The van der Waals surface area contributed by atoms with Crippen molar-refractivity contribution in [3.05, 3.63) is 35.4 Å². The third-order valence-corrected chi connectivity index (χ3v) is 2.29. The smallest absolute Gasteiger partial charge is 0.317 e. The lowest BCUT2D eigenvalue weighted by Crippen LogP contribution is -2.23. The molecule has 0 aliphatic heterocycles. The third kappa shape index (κ3) is 3.55. The fourth-order valence-corrected chi connectivity index (χ4v) is 1.33. The van der Waals surface area contributed by atoms with Crippen molar-refractivity contribution < 1.29 is 13.2 Å². The zero-order valence-electron chi connectivity index (χ0n) is 8.73. The molecule has 1 nitrogen and oxygen atoms in total. The highest BCUT2D eigenvalue weighted by Crippen LogP contribution is 2.29. The quantitative estimate of drug-likeness (QED) is 0.820. The van der Waals surface area contributed by atoms with Crippen molar-refractivity contribution in [3.8, 4) is 0 Å². The van der Waals surface area contributed by atoms with E-state index in [0.29, 0.717) is 12.0 Å². The number of hydrogen-bond acceptors (Lipinski definition) is 1. The molecule has 0 aromatic heterocycles. The van der Waals surface area contributed by atoms with Gasteiger partial charge in [0.25, 0.3) is 0 Å². The molecule has 4 heteroatoms. The molecular formula is C11H14F3N. The first-order valence-corrected chi connectivity index (χ1v) is 4.77. The van der Waals surface area contributed by atoms with Crippen molar-refractivity contribution in [1.29, 1.82) is 0 Å². The molecule has 84 valence electrons. The van der Waals surface area contributed by atoms with Crippen LogP contribution < -0.4 is 5.32 Å². The lowest BCUT2D eigenvalue weighted by Gasteiger charge is -2.12. The van der Waals surface area contributed by atoms with E-state index < -0.39 is 11.7 Å². The van der Waals surface area contributed by atoms with Crippen LogP contribution in [0.2, 0.25) is 0 Å². The molecule has 0 saturated carbocycles. The van der Waals surface area contributed by atoms with Gasteiger partial charge >= 0.3 is 6.18 Å². The van der Waals surface area contributed by atoms with Crippen LogP contribution in [0.1, 0.15) is 18.1 Å². The zero-order chi connectivity index (χ0) is 11.5. The summed E-state index contributed by atoms with van der Waals surface area (Å²) in [4.78, 5) is 0. The van der Waals surface area contributed by atoms with Crippen LogP contribution in [0.25, 0.3) is 0 Å². The van der Waals surface area contributed by atoms with E-state index >= 15 is 0 Å². The Hall–Kier alpha value is -1.03. The molecule has 1 aromatic carbocycles. The molecule has 1 atom stereocenters. The monoisotopic (exact) mass is 217 g/mol. The van der Waals surface area contributed by atoms with Crippen molar-refractivity contribution in [3.63, 3.8) is 0 Å². The Balaban J connectivity index is 2.84. The molecule has 0 spiro atoms. The molecule has 0 radical (unpaired) electrons. The second-order valence-electron chi connectivity index (χ2n) is 3.59. The molecule has 15 heavy (non-hydrogen) atoms. The molecule has 0 aliphatic rings. The first-order valence-electron chi connectivity index (χ1n) is 4.77. The van der Waals surface area contributed by atoms with Gasteiger partial charge in [0.15, 0.2) is 0 Å². The van der Waals surface area contributed by atoms with Gasteiger partial charge in [0.1, 0.15) is 0 Å². The van der Waals surface area contributed by atoms with E-state index in [1.807, 2.05) is 6.92 Å². The lowest BCUT2D eigenvalue weighted by atomic mass is 10.0. The lowest BCUT2D eigenvalue weighted by molar-refractivity contribution is -0.137. The van der Waals surface area contributed by atoms with Crippen molar-refractivity contribution >= 4 is 0 Å². The van der Waals surface area contributed by atoms with Gasteiger partial charge in [0.2, 0.25) is 0 Å². The third-order valence-electron chi connectivity index (χ3n) is 2.29. The Labute approximate surface area is 87.3 Å². The van der Waals surface area contributed by atoms with Crippen molar-refractivity contribution in [1.82, 2.24) is 5.32 Å². The topological polar surface area (TPSA) is 12.0 Å². The maximum atomic E-state index is 12.4. The predicted molar refractivity (Wildman–Crippen MR) is 53.7 cm³/mol. The average Bonchev–Trinajstić information content (AvgIpc) is 2.17. The van der Waals surface area contributed by atoms with Gasteiger partial charge in [-0.05, 0) is 32.0 Å². The molecule has 1 N–H and O–H groups in total. The maximum absolute atomic E-state index is 12.4. The largest absolute Gasteiger partial charge is 0.416 e. The summed E-state index contributed by atoms with van der Waals surface area (Å²) < 4.78 is 37.1. The van der Waals surface area contributed by atoms with Crippen LogP contribution >= 0.6 is 0 Å². The number of likely N-dealkylation sites (N-methyl/N-ethyl adjacent to an activating group) is 1. The highest BCUT2D eigenvalue weighted by atomic mass is 19.4. The van der Waals surface area contributed by atoms with Gasteiger partial charge in [-0.1, -0.05) is 18.2 Å². The summed E-state index contributed by atoms with van der Waals surface area (Å²) in [5, 5.41) is 2.99. The summed E-state index contributed by atoms with van der Waals surface area (Å²) in [6.45, 7) is 1.93. The van der Waals surface area contributed by atoms with E-state index in [2.05, 4.69) is 5.32 Å². The van der Waals surface area contributed by atoms with Gasteiger partial charge in [-0.25, -0.2) is 0 Å². The molecule has 1 aromatic rings. The Morgan fingerprint density at radius 3 is 2.53 bits per heavy atom. The van der Waals surface area contributed by atoms with Crippen LogP contribution in [0.4, 0.5) is 13.2 Å². The Bertz CT molecular complexity index is 320. The normalized spacial score (nSPS) is 13.9. The van der Waals surface area contributed by atoms with Gasteiger partial charge < -0.3 is 5.32 Å². The van der Waals surface area contributed by atoms with E-state index in [0.717, 1.165) is 6.07 Å². The first kappa shape index (κ1) is 12.0. The molecule has 0 heterocycles. The number of nitrogens with one attached hydrogen (secondary N) is 1. The number of halogens is 3. The van der Waals surface area contributed by atoms with Crippen LogP contribution in [-0.2, 0) is 12.6 Å². The van der Waals surface area contributed by atoms with Crippen molar-refractivity contribution in [2.24, 2.45) is 0 Å². The average molecular weight is 217 g/mol. The van der Waals surface area contributed by atoms with E-state index in [1.165, 1.54) is 12.1 Å². The van der Waals surface area contributed by atoms with Crippen LogP contribution in [0.3, 0.4) is 0 Å².